The van der Waals surface area contributed by atoms with Crippen molar-refractivity contribution in [3.05, 3.63) is 107 Å². The second-order valence-electron chi connectivity index (χ2n) is 6.98. The van der Waals surface area contributed by atoms with Crippen LogP contribution in [0.3, 0.4) is 0 Å². The summed E-state index contributed by atoms with van der Waals surface area (Å²) in [4.78, 5) is 15.1. The topological polar surface area (TPSA) is 75.6 Å². The quantitative estimate of drug-likeness (QED) is 0.716. The first-order valence-electron chi connectivity index (χ1n) is 10.1. The second-order valence-corrected chi connectivity index (χ2v) is 6.98. The van der Waals surface area contributed by atoms with Gasteiger partial charge in [-0.05, 0) is 48.6 Å². The molecule has 154 valence electrons. The summed E-state index contributed by atoms with van der Waals surface area (Å²) in [5.41, 5.74) is 16.5. The van der Waals surface area contributed by atoms with Crippen LogP contribution in [0.15, 0.2) is 122 Å². The molecule has 32 heavy (non-hydrogen) atoms. The zero-order chi connectivity index (χ0) is 21.8. The van der Waals surface area contributed by atoms with Crippen LogP contribution < -0.4 is 15.4 Å². The molecular formula is C26H19N5O. The lowest BCUT2D eigenvalue weighted by molar-refractivity contribution is 0.476. The first kappa shape index (κ1) is 19.3. The molecule has 1 aliphatic carbocycles. The van der Waals surface area contributed by atoms with E-state index in [1.54, 1.807) is 18.5 Å². The van der Waals surface area contributed by atoms with Gasteiger partial charge in [-0.25, -0.2) is 9.98 Å². The van der Waals surface area contributed by atoms with E-state index in [-0.39, 0.29) is 0 Å². The Balaban J connectivity index is 1.54. The number of rotatable bonds is 3. The summed E-state index contributed by atoms with van der Waals surface area (Å²) in [5.74, 6) is 2.16. The highest BCUT2D eigenvalue weighted by Gasteiger charge is 2.25. The van der Waals surface area contributed by atoms with Crippen molar-refractivity contribution in [2.24, 2.45) is 20.7 Å². The van der Waals surface area contributed by atoms with Crippen molar-refractivity contribution in [1.82, 2.24) is 0 Å². The van der Waals surface area contributed by atoms with Crippen molar-refractivity contribution >= 4 is 29.6 Å². The molecule has 5 rings (SSSR count). The van der Waals surface area contributed by atoms with E-state index in [1.807, 2.05) is 66.8 Å². The van der Waals surface area contributed by atoms with Gasteiger partial charge < -0.3 is 10.5 Å². The van der Waals surface area contributed by atoms with Gasteiger partial charge in [0.15, 0.2) is 11.5 Å². The first-order chi connectivity index (χ1) is 15.8. The molecule has 0 atom stereocenters. The van der Waals surface area contributed by atoms with E-state index in [1.165, 1.54) is 6.20 Å². The van der Waals surface area contributed by atoms with Crippen LogP contribution in [-0.4, -0.2) is 24.8 Å². The largest absolute Gasteiger partial charge is 0.453 e. The molecule has 0 saturated carbocycles. The van der Waals surface area contributed by atoms with Gasteiger partial charge in [0.2, 0.25) is 0 Å². The average Bonchev–Trinajstić information content (AvgIpc) is 2.83. The maximum Gasteiger partial charge on any atom is 0.151 e. The minimum Gasteiger partial charge on any atom is -0.453 e. The van der Waals surface area contributed by atoms with E-state index in [0.717, 1.165) is 34.1 Å². The number of benzene rings is 2. The Morgan fingerprint density at radius 3 is 2.38 bits per heavy atom. The molecule has 2 aromatic rings. The van der Waals surface area contributed by atoms with Gasteiger partial charge >= 0.3 is 0 Å². The van der Waals surface area contributed by atoms with E-state index in [9.17, 15) is 0 Å². The second kappa shape index (κ2) is 8.62. The molecule has 2 heterocycles. The average molecular weight is 417 g/mol. The summed E-state index contributed by atoms with van der Waals surface area (Å²) in [7, 11) is 0. The predicted octanol–water partition coefficient (Wildman–Crippen LogP) is 4.97. The van der Waals surface area contributed by atoms with Gasteiger partial charge in [-0.2, -0.15) is 0 Å². The lowest BCUT2D eigenvalue weighted by Gasteiger charge is -2.32. The van der Waals surface area contributed by atoms with Crippen LogP contribution in [-0.2, 0) is 0 Å². The fraction of sp³-hybridized carbons (Fsp3) is 0.0385. The normalized spacial score (nSPS) is 17.8. The minimum atomic E-state index is 0.418. The number of fused-ring (bicyclic) bond motifs is 2. The molecule has 0 amide bonds. The maximum absolute atomic E-state index is 6.11. The fourth-order valence-electron chi connectivity index (χ4n) is 3.51. The molecule has 3 aliphatic rings. The molecule has 0 unspecified atom stereocenters. The maximum atomic E-state index is 6.11. The van der Waals surface area contributed by atoms with Crippen LogP contribution in [0.5, 0.6) is 11.5 Å². The van der Waals surface area contributed by atoms with Gasteiger partial charge in [0.1, 0.15) is 5.84 Å². The molecule has 0 saturated heterocycles. The number of amidine groups is 1. The smallest absolute Gasteiger partial charge is 0.151 e. The number of anilines is 2. The molecule has 6 heteroatoms. The van der Waals surface area contributed by atoms with Gasteiger partial charge in [0.05, 0.1) is 29.3 Å². The molecular weight excluding hydrogens is 398 g/mol. The lowest BCUT2D eigenvalue weighted by atomic mass is 10.1. The van der Waals surface area contributed by atoms with Crippen LogP contribution in [0, 0.1) is 0 Å². The third-order valence-corrected chi connectivity index (χ3v) is 4.95. The van der Waals surface area contributed by atoms with Crippen molar-refractivity contribution in [2.45, 2.75) is 0 Å². The van der Waals surface area contributed by atoms with Crippen LogP contribution in [0.25, 0.3) is 0 Å². The number of hydrogen-bond donors (Lipinski definition) is 1. The molecule has 0 aromatic heterocycles. The predicted molar refractivity (Wildman–Crippen MR) is 129 cm³/mol. The summed E-state index contributed by atoms with van der Waals surface area (Å²) in [5, 5.41) is 0. The number of nitrogens with two attached hydrogens (primary N) is 1. The van der Waals surface area contributed by atoms with Crippen LogP contribution >= 0.6 is 0 Å². The van der Waals surface area contributed by atoms with E-state index >= 15 is 0 Å². The van der Waals surface area contributed by atoms with Gasteiger partial charge in [-0.1, -0.05) is 30.0 Å². The van der Waals surface area contributed by atoms with Gasteiger partial charge in [-0.15, -0.1) is 5.73 Å². The summed E-state index contributed by atoms with van der Waals surface area (Å²) < 4.78 is 6.11. The van der Waals surface area contributed by atoms with E-state index in [2.05, 4.69) is 31.3 Å². The molecule has 2 aliphatic heterocycles. The molecule has 2 N–H and O–H groups in total. The zero-order valence-electron chi connectivity index (χ0n) is 17.1. The van der Waals surface area contributed by atoms with Crippen molar-refractivity contribution < 1.29 is 4.74 Å². The van der Waals surface area contributed by atoms with E-state index in [4.69, 9.17) is 10.5 Å². The molecule has 0 fully saturated rings. The van der Waals surface area contributed by atoms with E-state index < -0.39 is 0 Å². The summed E-state index contributed by atoms with van der Waals surface area (Å²) in [6.07, 6.45) is 12.2. The number of hydrogen-bond acceptors (Lipinski definition) is 5. The Hall–Kier alpha value is -4.63. The van der Waals surface area contributed by atoms with E-state index in [0.29, 0.717) is 18.1 Å². The fourth-order valence-corrected chi connectivity index (χ4v) is 3.51. The van der Waals surface area contributed by atoms with Gasteiger partial charge in [-0.3, -0.25) is 9.89 Å². The number of aliphatic imine (C=N–C) groups is 3. The van der Waals surface area contributed by atoms with Crippen molar-refractivity contribution in [2.75, 3.05) is 11.4 Å². The highest BCUT2D eigenvalue weighted by atomic mass is 16.5. The molecule has 2 aromatic carbocycles. The Morgan fingerprint density at radius 2 is 1.69 bits per heavy atom. The van der Waals surface area contributed by atoms with Crippen LogP contribution in [0.4, 0.5) is 11.4 Å². The first-order valence-corrected chi connectivity index (χ1v) is 10.1. The molecule has 0 radical (unpaired) electrons. The van der Waals surface area contributed by atoms with Crippen molar-refractivity contribution in [1.29, 1.82) is 0 Å². The molecule has 0 bridgehead atoms. The van der Waals surface area contributed by atoms with Gasteiger partial charge in [0, 0.05) is 24.2 Å². The Labute approximate surface area is 185 Å². The monoisotopic (exact) mass is 417 g/mol. The minimum absolute atomic E-state index is 0.418. The Morgan fingerprint density at radius 1 is 0.969 bits per heavy atom. The summed E-state index contributed by atoms with van der Waals surface area (Å²) in [6.45, 7) is 0.418. The number of allylic oxidation sites excluding steroid dienone is 2. The summed E-state index contributed by atoms with van der Waals surface area (Å²) >= 11 is 0. The SMILES string of the molecule is N/C=C(\N=C1CN=CC=N1)C1=C=CC=C=C(N2c3ccccc3Oc3ccccc32)C=C1. The standard InChI is InChI=1S/C26H19N5O/c27-17-21(30-26-18-28-15-16-29-26)19-7-1-2-8-20(14-13-19)31-22-9-3-5-11-24(22)32-25-12-6-4-10-23(25)31/h1-6,9-17H,18,27H2/b14-13?,21-17-,30-26?. The third-order valence-electron chi connectivity index (χ3n) is 4.95. The number of ether oxygens (including phenoxy) is 1. The zero-order valence-corrected chi connectivity index (χ0v) is 17.1. The van der Waals surface area contributed by atoms with Crippen molar-refractivity contribution in [3.63, 3.8) is 0 Å². The highest BCUT2D eigenvalue weighted by Crippen LogP contribution is 2.48. The number of nitrogens with zero attached hydrogens (tertiary/aromatic N) is 4. The van der Waals surface area contributed by atoms with Gasteiger partial charge in [0.25, 0.3) is 0 Å². The third kappa shape index (κ3) is 3.75. The molecule has 0 spiro atoms. The van der Waals surface area contributed by atoms with Crippen molar-refractivity contribution in [3.8, 4) is 11.5 Å². The Kier molecular flexibility index (Phi) is 5.21. The van der Waals surface area contributed by atoms with Crippen LogP contribution in [0.2, 0.25) is 0 Å². The lowest BCUT2D eigenvalue weighted by Crippen LogP contribution is -2.19. The Bertz CT molecular complexity index is 1310. The highest BCUT2D eigenvalue weighted by molar-refractivity contribution is 6.21. The molecule has 6 nitrogen and oxygen atoms in total. The summed E-state index contributed by atoms with van der Waals surface area (Å²) in [6, 6.07) is 15.9. The number of para-hydroxylation sites is 4. The van der Waals surface area contributed by atoms with Crippen LogP contribution in [0.1, 0.15) is 0 Å².